The highest BCUT2D eigenvalue weighted by molar-refractivity contribution is 6.10. The number of carbonyl (C=O) groups excluding carboxylic acids is 2. The quantitative estimate of drug-likeness (QED) is 0.874. The first-order valence-electron chi connectivity index (χ1n) is 7.13. The first kappa shape index (κ1) is 17.3. The zero-order valence-corrected chi connectivity index (χ0v) is 13.2. The molecule has 0 aromatic heterocycles. The summed E-state index contributed by atoms with van der Waals surface area (Å²) in [5.74, 6) is -2.20. The van der Waals surface area contributed by atoms with E-state index in [1.807, 2.05) is 0 Å². The third-order valence-electron chi connectivity index (χ3n) is 3.41. The van der Waals surface area contributed by atoms with Gasteiger partial charge in [0.25, 0.3) is 5.91 Å². The van der Waals surface area contributed by atoms with Crippen molar-refractivity contribution in [3.63, 3.8) is 0 Å². The van der Waals surface area contributed by atoms with E-state index in [1.165, 1.54) is 41.3 Å². The molecule has 0 saturated carbocycles. The molecule has 0 spiro atoms. The number of amides is 2. The second-order valence-electron chi connectivity index (χ2n) is 5.27. The van der Waals surface area contributed by atoms with Crippen molar-refractivity contribution < 1.29 is 18.4 Å². The lowest BCUT2D eigenvalue weighted by atomic mass is 10.1. The van der Waals surface area contributed by atoms with Crippen LogP contribution in [0, 0.1) is 25.5 Å². The van der Waals surface area contributed by atoms with Crippen LogP contribution in [0.4, 0.5) is 20.2 Å². The van der Waals surface area contributed by atoms with E-state index in [0.29, 0.717) is 22.5 Å². The molecule has 0 heterocycles. The van der Waals surface area contributed by atoms with Gasteiger partial charge in [-0.2, -0.15) is 0 Å². The minimum Gasteiger partial charge on any atom is -0.366 e. The Morgan fingerprint density at radius 2 is 1.38 bits per heavy atom. The summed E-state index contributed by atoms with van der Waals surface area (Å²) in [6.07, 6.45) is 1.96. The normalized spacial score (nSPS) is 10.8. The second-order valence-corrected chi connectivity index (χ2v) is 5.27. The molecule has 2 amide bonds. The number of benzene rings is 2. The molecule has 0 atom stereocenters. The fourth-order valence-electron chi connectivity index (χ4n) is 2.33. The van der Waals surface area contributed by atoms with Gasteiger partial charge in [-0.25, -0.2) is 8.78 Å². The van der Waals surface area contributed by atoms with Gasteiger partial charge in [0.05, 0.1) is 11.4 Å². The average Bonchev–Trinajstić information content (AvgIpc) is 2.49. The van der Waals surface area contributed by atoms with Gasteiger partial charge in [-0.05, 0) is 61.4 Å². The number of nitrogens with two attached hydrogens (primary N) is 1. The van der Waals surface area contributed by atoms with Gasteiger partial charge in [0.15, 0.2) is 0 Å². The summed E-state index contributed by atoms with van der Waals surface area (Å²) < 4.78 is 26.7. The van der Waals surface area contributed by atoms with Gasteiger partial charge < -0.3 is 5.73 Å². The van der Waals surface area contributed by atoms with Crippen LogP contribution >= 0.6 is 0 Å². The van der Waals surface area contributed by atoms with Crippen LogP contribution in [0.15, 0.2) is 48.6 Å². The number of rotatable bonds is 4. The van der Waals surface area contributed by atoms with Crippen molar-refractivity contribution in [3.05, 3.63) is 71.3 Å². The minimum absolute atomic E-state index is 0.422. The van der Waals surface area contributed by atoms with Crippen LogP contribution in [-0.2, 0) is 9.59 Å². The standard InChI is InChI=1S/C18H16F2N2O2/c1-11-9-13(19)3-5-15(11)22(18(24)8-7-17(21)23)16-6-4-14(20)10-12(16)2/h3-10H,1-2H3,(H2,21,23)/b8-7-. The highest BCUT2D eigenvalue weighted by Crippen LogP contribution is 2.32. The molecule has 124 valence electrons. The summed E-state index contributed by atoms with van der Waals surface area (Å²) in [6.45, 7) is 3.30. The lowest BCUT2D eigenvalue weighted by molar-refractivity contribution is -0.115. The van der Waals surface area contributed by atoms with Crippen LogP contribution in [0.25, 0.3) is 0 Å². The molecule has 6 heteroatoms. The second kappa shape index (κ2) is 7.04. The molecule has 2 aromatic carbocycles. The van der Waals surface area contributed by atoms with Gasteiger partial charge in [0.2, 0.25) is 5.91 Å². The molecule has 0 aliphatic carbocycles. The van der Waals surface area contributed by atoms with Crippen molar-refractivity contribution >= 4 is 23.2 Å². The van der Waals surface area contributed by atoms with Crippen LogP contribution < -0.4 is 10.6 Å². The van der Waals surface area contributed by atoms with E-state index in [9.17, 15) is 18.4 Å². The van der Waals surface area contributed by atoms with Crippen molar-refractivity contribution in [1.29, 1.82) is 0 Å². The first-order chi connectivity index (χ1) is 11.3. The Balaban J connectivity index is 2.60. The van der Waals surface area contributed by atoms with Gasteiger partial charge in [-0.1, -0.05) is 0 Å². The largest absolute Gasteiger partial charge is 0.366 e. The lowest BCUT2D eigenvalue weighted by Crippen LogP contribution is -2.26. The number of hydrogen-bond acceptors (Lipinski definition) is 2. The van der Waals surface area contributed by atoms with Crippen LogP contribution in [0.5, 0.6) is 0 Å². The van der Waals surface area contributed by atoms with Crippen LogP contribution in [0.2, 0.25) is 0 Å². The monoisotopic (exact) mass is 330 g/mol. The fourth-order valence-corrected chi connectivity index (χ4v) is 2.33. The third-order valence-corrected chi connectivity index (χ3v) is 3.41. The number of hydrogen-bond donors (Lipinski definition) is 1. The highest BCUT2D eigenvalue weighted by Gasteiger charge is 2.20. The summed E-state index contributed by atoms with van der Waals surface area (Å²) in [7, 11) is 0. The maximum atomic E-state index is 13.4. The molecule has 0 aliphatic rings. The number of anilines is 2. The summed E-state index contributed by atoms with van der Waals surface area (Å²) in [5.41, 5.74) is 6.89. The number of primary amides is 1. The number of nitrogens with zero attached hydrogens (tertiary/aromatic N) is 1. The van der Waals surface area contributed by atoms with E-state index in [0.717, 1.165) is 12.2 Å². The molecule has 0 radical (unpaired) electrons. The van der Waals surface area contributed by atoms with E-state index in [4.69, 9.17) is 5.73 Å². The smallest absolute Gasteiger partial charge is 0.255 e. The number of aryl methyl sites for hydroxylation is 2. The molecule has 0 bridgehead atoms. The molecule has 0 unspecified atom stereocenters. The van der Waals surface area contributed by atoms with Crippen molar-refractivity contribution in [2.45, 2.75) is 13.8 Å². The molecule has 4 nitrogen and oxygen atoms in total. The Morgan fingerprint density at radius 1 is 0.917 bits per heavy atom. The number of carbonyl (C=O) groups is 2. The summed E-state index contributed by atoms with van der Waals surface area (Å²) in [6, 6.07) is 7.91. The van der Waals surface area contributed by atoms with Crippen molar-refractivity contribution in [2.24, 2.45) is 5.73 Å². The third kappa shape index (κ3) is 3.84. The molecule has 0 saturated heterocycles. The van der Waals surface area contributed by atoms with Gasteiger partial charge in [-0.15, -0.1) is 0 Å². The Morgan fingerprint density at radius 3 is 1.75 bits per heavy atom. The summed E-state index contributed by atoms with van der Waals surface area (Å²) >= 11 is 0. The molecular weight excluding hydrogens is 314 g/mol. The maximum Gasteiger partial charge on any atom is 0.255 e. The Labute approximate surface area is 138 Å². The Kier molecular flexibility index (Phi) is 5.08. The highest BCUT2D eigenvalue weighted by atomic mass is 19.1. The predicted octanol–water partition coefficient (Wildman–Crippen LogP) is 3.29. The number of halogens is 2. The van der Waals surface area contributed by atoms with E-state index < -0.39 is 23.4 Å². The van der Waals surface area contributed by atoms with E-state index >= 15 is 0 Å². The zero-order chi connectivity index (χ0) is 17.9. The van der Waals surface area contributed by atoms with Gasteiger partial charge in [0, 0.05) is 12.2 Å². The molecular formula is C18H16F2N2O2. The molecule has 2 rings (SSSR count). The average molecular weight is 330 g/mol. The maximum absolute atomic E-state index is 13.4. The lowest BCUT2D eigenvalue weighted by Gasteiger charge is -2.25. The Hall–Kier alpha value is -3.02. The van der Waals surface area contributed by atoms with Gasteiger partial charge in [0.1, 0.15) is 11.6 Å². The molecule has 2 aromatic rings. The van der Waals surface area contributed by atoms with E-state index in [-0.39, 0.29) is 0 Å². The van der Waals surface area contributed by atoms with Crippen LogP contribution in [0.3, 0.4) is 0 Å². The minimum atomic E-state index is -0.769. The van der Waals surface area contributed by atoms with Gasteiger partial charge in [-0.3, -0.25) is 14.5 Å². The first-order valence-corrected chi connectivity index (χ1v) is 7.13. The summed E-state index contributed by atoms with van der Waals surface area (Å²) in [4.78, 5) is 24.7. The van der Waals surface area contributed by atoms with Crippen molar-refractivity contribution in [3.8, 4) is 0 Å². The molecule has 24 heavy (non-hydrogen) atoms. The van der Waals surface area contributed by atoms with Crippen molar-refractivity contribution in [1.82, 2.24) is 0 Å². The predicted molar refractivity (Wildman–Crippen MR) is 87.8 cm³/mol. The molecule has 0 fully saturated rings. The fraction of sp³-hybridized carbons (Fsp3) is 0.111. The van der Waals surface area contributed by atoms with Crippen LogP contribution in [-0.4, -0.2) is 11.8 Å². The molecule has 2 N–H and O–H groups in total. The zero-order valence-electron chi connectivity index (χ0n) is 13.2. The SMILES string of the molecule is Cc1cc(F)ccc1N(C(=O)/C=C\C(N)=O)c1ccc(F)cc1C. The van der Waals surface area contributed by atoms with Crippen molar-refractivity contribution in [2.75, 3.05) is 4.90 Å². The summed E-state index contributed by atoms with van der Waals surface area (Å²) in [5, 5.41) is 0. The molecule has 0 aliphatic heterocycles. The van der Waals surface area contributed by atoms with Gasteiger partial charge >= 0.3 is 0 Å². The van der Waals surface area contributed by atoms with E-state index in [2.05, 4.69) is 0 Å². The van der Waals surface area contributed by atoms with Crippen LogP contribution in [0.1, 0.15) is 11.1 Å². The Bertz CT molecular complexity index is 780. The van der Waals surface area contributed by atoms with E-state index in [1.54, 1.807) is 13.8 Å². The topological polar surface area (TPSA) is 63.4 Å².